The SMILES string of the molecule is CC[C@H]1[C@@H](O)C2C3CC[C@H]([C@H](C)CC[C@H](C)OS(=O)(=O)[O-])[C@@]3(C)CCC2[C@@]2(C)CC[C@@H](O)C[C@@H]12. The van der Waals surface area contributed by atoms with Crippen LogP contribution in [-0.4, -0.2) is 41.5 Å². The van der Waals surface area contributed by atoms with Crippen LogP contribution in [0.5, 0.6) is 0 Å². The van der Waals surface area contributed by atoms with Crippen LogP contribution in [0.1, 0.15) is 98.8 Å². The number of fused-ring (bicyclic) bond motifs is 5. The third kappa shape index (κ3) is 4.62. The Kier molecular flexibility index (Phi) is 7.57. The summed E-state index contributed by atoms with van der Waals surface area (Å²) in [7, 11) is -4.66. The Morgan fingerprint density at radius 3 is 2.26 bits per heavy atom. The summed E-state index contributed by atoms with van der Waals surface area (Å²) in [6, 6.07) is 0. The van der Waals surface area contributed by atoms with Gasteiger partial charge in [0.15, 0.2) is 0 Å². The summed E-state index contributed by atoms with van der Waals surface area (Å²) in [6.45, 7) is 11.1. The van der Waals surface area contributed by atoms with Crippen molar-refractivity contribution in [3.8, 4) is 0 Å². The lowest BCUT2D eigenvalue weighted by Gasteiger charge is -2.64. The van der Waals surface area contributed by atoms with Crippen LogP contribution in [0.4, 0.5) is 0 Å². The largest absolute Gasteiger partial charge is 0.726 e. The first-order valence-corrected chi connectivity index (χ1v) is 15.1. The summed E-state index contributed by atoms with van der Waals surface area (Å²) >= 11 is 0. The van der Waals surface area contributed by atoms with Gasteiger partial charge < -0.3 is 14.8 Å². The van der Waals surface area contributed by atoms with Gasteiger partial charge in [-0.2, -0.15) is 0 Å². The van der Waals surface area contributed by atoms with E-state index in [1.54, 1.807) is 6.92 Å². The number of hydrogen-bond acceptors (Lipinski definition) is 6. The van der Waals surface area contributed by atoms with E-state index in [0.717, 1.165) is 51.4 Å². The van der Waals surface area contributed by atoms with Crippen LogP contribution in [0.3, 0.4) is 0 Å². The molecule has 12 atom stereocenters. The number of hydrogen-bond donors (Lipinski definition) is 2. The summed E-state index contributed by atoms with van der Waals surface area (Å²) in [5, 5.41) is 22.2. The second-order valence-electron chi connectivity index (χ2n) is 13.0. The number of rotatable bonds is 7. The van der Waals surface area contributed by atoms with Crippen molar-refractivity contribution < 1.29 is 27.4 Å². The van der Waals surface area contributed by atoms with Crippen molar-refractivity contribution in [3.63, 3.8) is 0 Å². The molecule has 0 bridgehead atoms. The van der Waals surface area contributed by atoms with Gasteiger partial charge in [0.2, 0.25) is 10.4 Å². The lowest BCUT2D eigenvalue weighted by molar-refractivity contribution is -0.203. The second-order valence-corrected chi connectivity index (χ2v) is 14.0. The molecule has 4 rings (SSSR count). The van der Waals surface area contributed by atoms with Crippen molar-refractivity contribution in [2.24, 2.45) is 52.3 Å². The molecule has 4 aliphatic rings. The molecule has 0 aromatic carbocycles. The maximum absolute atomic E-state index is 11.8. The monoisotopic (exact) mass is 499 g/mol. The highest BCUT2D eigenvalue weighted by Gasteiger charge is 2.64. The summed E-state index contributed by atoms with van der Waals surface area (Å²) in [4.78, 5) is 0. The molecule has 0 aromatic rings. The van der Waals surface area contributed by atoms with Gasteiger partial charge in [-0.3, -0.25) is 4.18 Å². The van der Waals surface area contributed by atoms with Crippen molar-refractivity contribution in [1.29, 1.82) is 0 Å². The highest BCUT2D eigenvalue weighted by atomic mass is 32.3. The first kappa shape index (κ1) is 26.8. The average molecular weight is 500 g/mol. The maximum atomic E-state index is 11.8. The van der Waals surface area contributed by atoms with E-state index >= 15 is 0 Å². The molecule has 0 saturated heterocycles. The Balaban J connectivity index is 1.52. The molecule has 4 saturated carbocycles. The number of aliphatic hydroxyl groups is 2. The first-order chi connectivity index (χ1) is 15.8. The topological polar surface area (TPSA) is 107 Å². The first-order valence-electron chi connectivity index (χ1n) is 13.8. The van der Waals surface area contributed by atoms with Gasteiger partial charge >= 0.3 is 0 Å². The van der Waals surface area contributed by atoms with Gasteiger partial charge in [-0.05, 0) is 117 Å². The molecule has 4 aliphatic carbocycles. The summed E-state index contributed by atoms with van der Waals surface area (Å²) in [5.41, 5.74) is 0.400. The van der Waals surface area contributed by atoms with Gasteiger partial charge in [0.05, 0.1) is 18.3 Å². The molecule has 6 nitrogen and oxygen atoms in total. The van der Waals surface area contributed by atoms with Crippen LogP contribution in [0.2, 0.25) is 0 Å². The van der Waals surface area contributed by atoms with Gasteiger partial charge in [-0.15, -0.1) is 0 Å². The van der Waals surface area contributed by atoms with Gasteiger partial charge in [0.25, 0.3) is 0 Å². The standard InChI is InChI=1S/C27H48O6S/c1-6-19-23-15-18(28)11-13-27(23,5)22-12-14-26(4)20(9-10-21(26)24(22)25(19)29)16(2)7-8-17(3)33-34(30,31)32/h16-25,28-29H,6-15H2,1-5H3,(H,30,31,32)/p-1/t16-,17+,18-,19-,20-,21?,22?,23+,24?,25-,26-,27-/m1/s1. The predicted octanol–water partition coefficient (Wildman–Crippen LogP) is 4.89. The fraction of sp³-hybridized carbons (Fsp3) is 1.00. The van der Waals surface area contributed by atoms with Crippen LogP contribution in [0, 0.1) is 52.3 Å². The molecule has 0 aliphatic heterocycles. The Bertz CT molecular complexity index is 831. The van der Waals surface area contributed by atoms with E-state index < -0.39 is 16.5 Å². The summed E-state index contributed by atoms with van der Waals surface area (Å²) < 4.78 is 37.4. The van der Waals surface area contributed by atoms with Crippen LogP contribution < -0.4 is 0 Å². The molecular weight excluding hydrogens is 452 g/mol. The highest BCUT2D eigenvalue weighted by molar-refractivity contribution is 7.80. The molecular formula is C27H47O6S-. The van der Waals surface area contributed by atoms with E-state index in [2.05, 4.69) is 31.9 Å². The highest BCUT2D eigenvalue weighted by Crippen LogP contribution is 2.69. The van der Waals surface area contributed by atoms with Gasteiger partial charge in [-0.1, -0.05) is 34.1 Å². The van der Waals surface area contributed by atoms with Gasteiger partial charge in [0, 0.05) is 0 Å². The Morgan fingerprint density at radius 1 is 0.971 bits per heavy atom. The third-order valence-corrected chi connectivity index (χ3v) is 12.0. The fourth-order valence-corrected chi connectivity index (χ4v) is 10.4. The molecule has 2 N–H and O–H groups in total. The molecule has 0 radical (unpaired) electrons. The van der Waals surface area contributed by atoms with Crippen LogP contribution >= 0.6 is 0 Å². The zero-order valence-electron chi connectivity index (χ0n) is 21.8. The van der Waals surface area contributed by atoms with Crippen molar-refractivity contribution in [2.75, 3.05) is 0 Å². The van der Waals surface area contributed by atoms with Crippen LogP contribution in [0.25, 0.3) is 0 Å². The van der Waals surface area contributed by atoms with E-state index in [0.29, 0.717) is 41.9 Å². The third-order valence-electron chi connectivity index (χ3n) is 11.5. The second kappa shape index (κ2) is 9.59. The molecule has 0 heterocycles. The fourth-order valence-electron chi connectivity index (χ4n) is 9.88. The maximum Gasteiger partial charge on any atom is 0.217 e. The van der Waals surface area contributed by atoms with Crippen LogP contribution in [-0.2, 0) is 14.6 Å². The minimum atomic E-state index is -4.66. The summed E-state index contributed by atoms with van der Waals surface area (Å²) in [5.74, 6) is 3.03. The molecule has 3 unspecified atom stereocenters. The zero-order valence-corrected chi connectivity index (χ0v) is 22.6. The quantitative estimate of drug-likeness (QED) is 0.381. The zero-order chi connectivity index (χ0) is 25.1. The van der Waals surface area contributed by atoms with Gasteiger partial charge in [0.1, 0.15) is 0 Å². The number of aliphatic hydroxyl groups excluding tert-OH is 2. The van der Waals surface area contributed by atoms with E-state index in [1.807, 2.05) is 0 Å². The van der Waals surface area contributed by atoms with Crippen LogP contribution in [0.15, 0.2) is 0 Å². The smallest absolute Gasteiger partial charge is 0.217 e. The van der Waals surface area contributed by atoms with Crippen molar-refractivity contribution >= 4 is 10.4 Å². The average Bonchev–Trinajstić information content (AvgIpc) is 3.09. The Morgan fingerprint density at radius 2 is 1.62 bits per heavy atom. The molecule has 34 heavy (non-hydrogen) atoms. The van der Waals surface area contributed by atoms with Crippen molar-refractivity contribution in [2.45, 2.75) is 117 Å². The molecule has 7 heteroatoms. The molecule has 0 amide bonds. The van der Waals surface area contributed by atoms with E-state index in [9.17, 15) is 23.2 Å². The Hall–Kier alpha value is -0.210. The van der Waals surface area contributed by atoms with E-state index in [1.165, 1.54) is 6.42 Å². The molecule has 4 fully saturated rings. The van der Waals surface area contributed by atoms with Gasteiger partial charge in [-0.25, -0.2) is 8.42 Å². The molecule has 198 valence electrons. The van der Waals surface area contributed by atoms with E-state index in [4.69, 9.17) is 0 Å². The lowest BCUT2D eigenvalue weighted by atomic mass is 9.41. The van der Waals surface area contributed by atoms with Crippen molar-refractivity contribution in [1.82, 2.24) is 0 Å². The molecule has 0 aromatic heterocycles. The Labute approximate surface area is 207 Å². The molecule has 0 spiro atoms. The minimum absolute atomic E-state index is 0.186. The van der Waals surface area contributed by atoms with E-state index in [-0.39, 0.29) is 29.0 Å². The summed E-state index contributed by atoms with van der Waals surface area (Å²) in [6.07, 6.45) is 8.76. The minimum Gasteiger partial charge on any atom is -0.726 e. The normalized spacial score (nSPS) is 48.5. The van der Waals surface area contributed by atoms with Crippen molar-refractivity contribution in [3.05, 3.63) is 0 Å². The lowest BCUT2D eigenvalue weighted by Crippen LogP contribution is -2.62. The predicted molar refractivity (Wildman–Crippen MR) is 130 cm³/mol.